The Bertz CT molecular complexity index is 682. The predicted octanol–water partition coefficient (Wildman–Crippen LogP) is 3.39. The van der Waals surface area contributed by atoms with E-state index in [4.69, 9.17) is 4.42 Å². The van der Waals surface area contributed by atoms with Gasteiger partial charge in [-0.2, -0.15) is 0 Å². The van der Waals surface area contributed by atoms with Gasteiger partial charge in [0.25, 0.3) is 5.91 Å². The number of rotatable bonds is 7. The van der Waals surface area contributed by atoms with Crippen LogP contribution in [0.3, 0.4) is 0 Å². The van der Waals surface area contributed by atoms with Crippen LogP contribution in [0.25, 0.3) is 0 Å². The molecule has 0 fully saturated rings. The zero-order valence-electron chi connectivity index (χ0n) is 14.1. The molecular weight excluding hydrogens is 431 g/mol. The van der Waals surface area contributed by atoms with Gasteiger partial charge in [0.1, 0.15) is 0 Å². The lowest BCUT2D eigenvalue weighted by Gasteiger charge is -2.09. The molecular formula is C18H23IN4O2. The average Bonchev–Trinajstić information content (AvgIpc) is 3.13. The zero-order valence-corrected chi connectivity index (χ0v) is 16.4. The van der Waals surface area contributed by atoms with E-state index in [1.807, 2.05) is 31.2 Å². The van der Waals surface area contributed by atoms with E-state index in [0.717, 1.165) is 18.1 Å². The number of carbonyl (C=O) groups excluding carboxylic acids is 1. The van der Waals surface area contributed by atoms with Crippen molar-refractivity contribution in [3.63, 3.8) is 0 Å². The van der Waals surface area contributed by atoms with Crippen molar-refractivity contribution < 1.29 is 9.21 Å². The van der Waals surface area contributed by atoms with Gasteiger partial charge in [-0.05, 0) is 36.8 Å². The minimum absolute atomic E-state index is 0. The Morgan fingerprint density at radius 3 is 2.60 bits per heavy atom. The van der Waals surface area contributed by atoms with Gasteiger partial charge in [0, 0.05) is 18.8 Å². The van der Waals surface area contributed by atoms with E-state index in [0.29, 0.717) is 18.8 Å². The molecule has 0 atom stereocenters. The minimum Gasteiger partial charge on any atom is -0.459 e. The van der Waals surface area contributed by atoms with Crippen molar-refractivity contribution in [2.45, 2.75) is 13.5 Å². The molecule has 2 rings (SSSR count). The number of nitrogens with zero attached hydrogens (tertiary/aromatic N) is 1. The molecule has 2 aromatic rings. The summed E-state index contributed by atoms with van der Waals surface area (Å²) in [5.41, 5.74) is 1.75. The molecule has 0 unspecified atom stereocenters. The number of hydrogen-bond acceptors (Lipinski definition) is 3. The summed E-state index contributed by atoms with van der Waals surface area (Å²) in [4.78, 5) is 16.4. The topological polar surface area (TPSA) is 78.7 Å². The molecule has 1 amide bonds. The van der Waals surface area contributed by atoms with Gasteiger partial charge in [0.2, 0.25) is 0 Å². The van der Waals surface area contributed by atoms with Crippen molar-refractivity contribution in [1.82, 2.24) is 10.6 Å². The summed E-state index contributed by atoms with van der Waals surface area (Å²) in [5.74, 6) is 0.758. The maximum atomic E-state index is 11.9. The largest absolute Gasteiger partial charge is 0.459 e. The van der Waals surface area contributed by atoms with Crippen LogP contribution in [0.4, 0.5) is 5.69 Å². The molecule has 0 spiro atoms. The number of halogens is 1. The van der Waals surface area contributed by atoms with Crippen molar-refractivity contribution in [1.29, 1.82) is 0 Å². The van der Waals surface area contributed by atoms with E-state index >= 15 is 0 Å². The highest BCUT2D eigenvalue weighted by atomic mass is 127. The van der Waals surface area contributed by atoms with Crippen LogP contribution in [-0.4, -0.2) is 25.0 Å². The predicted molar refractivity (Wildman–Crippen MR) is 112 cm³/mol. The lowest BCUT2D eigenvalue weighted by molar-refractivity contribution is 0.0996. The Kier molecular flexibility index (Phi) is 9.38. The maximum absolute atomic E-state index is 11.9. The molecule has 0 aliphatic carbocycles. The molecule has 0 saturated heterocycles. The third-order valence-electron chi connectivity index (χ3n) is 3.13. The monoisotopic (exact) mass is 454 g/mol. The van der Waals surface area contributed by atoms with Gasteiger partial charge < -0.3 is 20.4 Å². The Labute approximate surface area is 164 Å². The number of hydrogen-bond donors (Lipinski definition) is 3. The number of anilines is 1. The van der Waals surface area contributed by atoms with Gasteiger partial charge in [-0.15, -0.1) is 30.6 Å². The molecule has 134 valence electrons. The molecule has 6 nitrogen and oxygen atoms in total. The fourth-order valence-corrected chi connectivity index (χ4v) is 1.97. The Morgan fingerprint density at radius 2 is 2.00 bits per heavy atom. The molecule has 1 aromatic heterocycles. The van der Waals surface area contributed by atoms with Crippen molar-refractivity contribution in [3.8, 4) is 0 Å². The van der Waals surface area contributed by atoms with E-state index in [-0.39, 0.29) is 35.6 Å². The summed E-state index contributed by atoms with van der Waals surface area (Å²) in [7, 11) is 0. The van der Waals surface area contributed by atoms with Gasteiger partial charge in [-0.3, -0.25) is 4.79 Å². The standard InChI is InChI=1S/C18H22N4O2.HI/c1-3-11-20-18(19-4-2)21-13-14-7-9-15(10-8-14)22-17(23)16-6-5-12-24-16;/h3,5-10,12H,1,4,11,13H2,2H3,(H,22,23)(H2,19,20,21);1H. The van der Waals surface area contributed by atoms with Gasteiger partial charge in [0.05, 0.1) is 12.8 Å². The van der Waals surface area contributed by atoms with Crippen LogP contribution in [0.5, 0.6) is 0 Å². The molecule has 3 N–H and O–H groups in total. The zero-order chi connectivity index (χ0) is 17.2. The number of guanidine groups is 1. The third kappa shape index (κ3) is 7.00. The summed E-state index contributed by atoms with van der Waals surface area (Å²) < 4.78 is 5.06. The van der Waals surface area contributed by atoms with E-state index in [1.54, 1.807) is 18.2 Å². The average molecular weight is 454 g/mol. The first kappa shape index (κ1) is 20.8. The summed E-state index contributed by atoms with van der Waals surface area (Å²) in [6, 6.07) is 10.8. The van der Waals surface area contributed by atoms with Crippen LogP contribution < -0.4 is 16.0 Å². The number of furan rings is 1. The highest BCUT2D eigenvalue weighted by Crippen LogP contribution is 2.12. The molecule has 0 aliphatic heterocycles. The summed E-state index contributed by atoms with van der Waals surface area (Å²) in [6.45, 7) is 7.68. The van der Waals surface area contributed by atoms with Crippen molar-refractivity contribution in [3.05, 3.63) is 66.6 Å². The van der Waals surface area contributed by atoms with Crippen LogP contribution >= 0.6 is 24.0 Å². The molecule has 1 aromatic carbocycles. The molecule has 0 aliphatic rings. The first-order chi connectivity index (χ1) is 11.7. The second-order valence-corrected chi connectivity index (χ2v) is 4.99. The fourth-order valence-electron chi connectivity index (χ4n) is 1.97. The van der Waals surface area contributed by atoms with Crippen LogP contribution in [0.2, 0.25) is 0 Å². The molecule has 25 heavy (non-hydrogen) atoms. The maximum Gasteiger partial charge on any atom is 0.291 e. The number of carbonyl (C=O) groups is 1. The lowest BCUT2D eigenvalue weighted by atomic mass is 10.2. The first-order valence-corrected chi connectivity index (χ1v) is 7.79. The number of benzene rings is 1. The normalized spacial score (nSPS) is 10.5. The van der Waals surface area contributed by atoms with E-state index < -0.39 is 0 Å². The van der Waals surface area contributed by atoms with Crippen LogP contribution in [0.1, 0.15) is 23.0 Å². The second-order valence-electron chi connectivity index (χ2n) is 4.99. The Hall–Kier alpha value is -2.29. The van der Waals surface area contributed by atoms with Crippen LogP contribution in [0.15, 0.2) is 64.7 Å². The van der Waals surface area contributed by atoms with Crippen molar-refractivity contribution >= 4 is 41.5 Å². The summed E-state index contributed by atoms with van der Waals surface area (Å²) >= 11 is 0. The molecule has 7 heteroatoms. The Balaban J connectivity index is 0.00000312. The second kappa shape index (κ2) is 11.3. The quantitative estimate of drug-likeness (QED) is 0.260. The van der Waals surface area contributed by atoms with Gasteiger partial charge >= 0.3 is 0 Å². The lowest BCUT2D eigenvalue weighted by Crippen LogP contribution is -2.37. The molecule has 1 heterocycles. The van der Waals surface area contributed by atoms with Crippen LogP contribution in [0, 0.1) is 0 Å². The van der Waals surface area contributed by atoms with Gasteiger partial charge in [-0.25, -0.2) is 4.99 Å². The van der Waals surface area contributed by atoms with Gasteiger partial charge in [0.15, 0.2) is 11.7 Å². The first-order valence-electron chi connectivity index (χ1n) is 7.79. The van der Waals surface area contributed by atoms with E-state index in [2.05, 4.69) is 27.5 Å². The smallest absolute Gasteiger partial charge is 0.291 e. The highest BCUT2D eigenvalue weighted by molar-refractivity contribution is 14.0. The highest BCUT2D eigenvalue weighted by Gasteiger charge is 2.08. The van der Waals surface area contributed by atoms with Crippen LogP contribution in [-0.2, 0) is 6.54 Å². The fraction of sp³-hybridized carbons (Fsp3) is 0.222. The Morgan fingerprint density at radius 1 is 1.24 bits per heavy atom. The number of amides is 1. The van der Waals surface area contributed by atoms with Crippen molar-refractivity contribution in [2.75, 3.05) is 18.4 Å². The SMILES string of the molecule is C=CCNC(=NCc1ccc(NC(=O)c2ccco2)cc1)NCC.I. The molecule has 0 saturated carbocycles. The van der Waals surface area contributed by atoms with E-state index in [1.165, 1.54) is 6.26 Å². The molecule has 0 bridgehead atoms. The number of aliphatic imine (C=N–C) groups is 1. The van der Waals surface area contributed by atoms with E-state index in [9.17, 15) is 4.79 Å². The minimum atomic E-state index is -0.270. The van der Waals surface area contributed by atoms with Crippen molar-refractivity contribution in [2.24, 2.45) is 4.99 Å². The molecule has 0 radical (unpaired) electrons. The summed E-state index contributed by atoms with van der Waals surface area (Å²) in [5, 5.41) is 9.09. The summed E-state index contributed by atoms with van der Waals surface area (Å²) in [6.07, 6.45) is 3.25. The van der Waals surface area contributed by atoms with Gasteiger partial charge in [-0.1, -0.05) is 18.2 Å². The third-order valence-corrected chi connectivity index (χ3v) is 3.13. The number of nitrogens with one attached hydrogen (secondary N) is 3.